The van der Waals surface area contributed by atoms with Crippen LogP contribution in [0.5, 0.6) is 0 Å². The topological polar surface area (TPSA) is 17.1 Å². The molecule has 0 atom stereocenters. The van der Waals surface area contributed by atoms with Gasteiger partial charge in [-0.15, -0.1) is 0 Å². The average Bonchev–Trinajstić information content (AvgIpc) is 2.47. The van der Waals surface area contributed by atoms with Crippen LogP contribution in [0.3, 0.4) is 0 Å². The third-order valence-corrected chi connectivity index (χ3v) is 3.52. The van der Waals surface area contributed by atoms with Crippen LogP contribution < -0.4 is 0 Å². The Bertz CT molecular complexity index is 771. The lowest BCUT2D eigenvalue weighted by atomic mass is 9.99. The first-order chi connectivity index (χ1) is 9.72. The molecule has 0 unspecified atom stereocenters. The van der Waals surface area contributed by atoms with Crippen LogP contribution in [0.25, 0.3) is 10.8 Å². The maximum atomic E-state index is 12.3. The summed E-state index contributed by atoms with van der Waals surface area (Å²) in [5.74, 6) is 0.170. The predicted octanol–water partition coefficient (Wildman–Crippen LogP) is 4.57. The number of hydrogen-bond donors (Lipinski definition) is 0. The highest BCUT2D eigenvalue weighted by molar-refractivity contribution is 5.98. The van der Waals surface area contributed by atoms with E-state index in [1.54, 1.807) is 0 Å². The zero-order chi connectivity index (χ0) is 13.9. The Morgan fingerprint density at radius 1 is 0.850 bits per heavy atom. The van der Waals surface area contributed by atoms with Crippen molar-refractivity contribution in [3.8, 4) is 0 Å². The Hall–Kier alpha value is -2.41. The van der Waals surface area contributed by atoms with Crippen molar-refractivity contribution in [3.63, 3.8) is 0 Å². The predicted molar refractivity (Wildman–Crippen MR) is 83.2 cm³/mol. The van der Waals surface area contributed by atoms with Gasteiger partial charge in [0.05, 0.1) is 0 Å². The Morgan fingerprint density at radius 2 is 1.65 bits per heavy atom. The van der Waals surface area contributed by atoms with Gasteiger partial charge in [0.15, 0.2) is 5.78 Å². The fourth-order valence-corrected chi connectivity index (χ4v) is 2.45. The Kier molecular flexibility index (Phi) is 3.34. The summed E-state index contributed by atoms with van der Waals surface area (Å²) in [5.41, 5.74) is 2.97. The normalized spacial score (nSPS) is 10.7. The number of benzene rings is 3. The smallest absolute Gasteiger partial charge is 0.167 e. The van der Waals surface area contributed by atoms with Crippen molar-refractivity contribution in [2.45, 2.75) is 13.3 Å². The molecule has 0 aromatic heterocycles. The molecule has 1 nitrogen and oxygen atoms in total. The van der Waals surface area contributed by atoms with Gasteiger partial charge in [-0.1, -0.05) is 66.2 Å². The molecule has 3 aromatic carbocycles. The van der Waals surface area contributed by atoms with Crippen molar-refractivity contribution in [3.05, 3.63) is 83.4 Å². The summed E-state index contributed by atoms with van der Waals surface area (Å²) in [5, 5.41) is 2.39. The van der Waals surface area contributed by atoms with Gasteiger partial charge in [-0.05, 0) is 29.3 Å². The quantitative estimate of drug-likeness (QED) is 0.630. The zero-order valence-electron chi connectivity index (χ0n) is 11.5. The van der Waals surface area contributed by atoms with Gasteiger partial charge < -0.3 is 0 Å². The summed E-state index contributed by atoms with van der Waals surface area (Å²) in [6, 6.07) is 22.2. The fourth-order valence-electron chi connectivity index (χ4n) is 2.45. The van der Waals surface area contributed by atoms with Crippen molar-refractivity contribution in [2.75, 3.05) is 0 Å². The van der Waals surface area contributed by atoms with Gasteiger partial charge >= 0.3 is 0 Å². The molecule has 0 aliphatic carbocycles. The van der Waals surface area contributed by atoms with Crippen molar-refractivity contribution in [1.29, 1.82) is 0 Å². The van der Waals surface area contributed by atoms with Crippen LogP contribution in [0.4, 0.5) is 0 Å². The molecule has 0 bridgehead atoms. The van der Waals surface area contributed by atoms with Gasteiger partial charge in [0.1, 0.15) is 0 Å². The number of aryl methyl sites for hydroxylation is 1. The van der Waals surface area contributed by atoms with Gasteiger partial charge in [0.25, 0.3) is 0 Å². The molecular weight excluding hydrogens is 244 g/mol. The number of Topliss-reactive ketones (excluding diaryl/α,β-unsaturated/α-hetero) is 1. The van der Waals surface area contributed by atoms with E-state index in [-0.39, 0.29) is 5.78 Å². The molecule has 3 rings (SSSR count). The molecule has 3 aromatic rings. The Labute approximate surface area is 118 Å². The zero-order valence-corrected chi connectivity index (χ0v) is 11.5. The monoisotopic (exact) mass is 260 g/mol. The van der Waals surface area contributed by atoms with Gasteiger partial charge in [0.2, 0.25) is 0 Å². The minimum Gasteiger partial charge on any atom is -0.294 e. The van der Waals surface area contributed by atoms with E-state index >= 15 is 0 Å². The molecule has 0 spiro atoms. The van der Waals surface area contributed by atoms with Crippen molar-refractivity contribution in [2.24, 2.45) is 0 Å². The summed E-state index contributed by atoms with van der Waals surface area (Å²) in [6.07, 6.45) is 0.453. The number of carbonyl (C=O) groups excluding carboxylic acids is 1. The van der Waals surface area contributed by atoms with Crippen LogP contribution in [0.2, 0.25) is 0 Å². The summed E-state index contributed by atoms with van der Waals surface area (Å²) in [7, 11) is 0. The van der Waals surface area contributed by atoms with E-state index in [0.717, 1.165) is 16.7 Å². The highest BCUT2D eigenvalue weighted by atomic mass is 16.1. The van der Waals surface area contributed by atoms with E-state index in [1.807, 2.05) is 49.4 Å². The van der Waals surface area contributed by atoms with Gasteiger partial charge in [-0.3, -0.25) is 4.79 Å². The first kappa shape index (κ1) is 12.6. The molecule has 0 amide bonds. The maximum absolute atomic E-state index is 12.3. The average molecular weight is 260 g/mol. The Balaban J connectivity index is 1.87. The summed E-state index contributed by atoms with van der Waals surface area (Å²) in [4.78, 5) is 12.3. The van der Waals surface area contributed by atoms with Crippen LogP contribution in [0, 0.1) is 6.92 Å². The molecule has 0 fully saturated rings. The molecule has 98 valence electrons. The van der Waals surface area contributed by atoms with E-state index in [4.69, 9.17) is 0 Å². The molecule has 0 N–H and O–H groups in total. The number of rotatable bonds is 3. The second-order valence-corrected chi connectivity index (χ2v) is 5.15. The van der Waals surface area contributed by atoms with E-state index in [9.17, 15) is 4.79 Å². The lowest BCUT2D eigenvalue weighted by molar-refractivity contribution is 0.0993. The highest BCUT2D eigenvalue weighted by Gasteiger charge is 2.07. The largest absolute Gasteiger partial charge is 0.294 e. The number of ketones is 1. The first-order valence-corrected chi connectivity index (χ1v) is 6.80. The van der Waals surface area contributed by atoms with Crippen LogP contribution in [-0.4, -0.2) is 5.78 Å². The maximum Gasteiger partial charge on any atom is 0.167 e. The van der Waals surface area contributed by atoms with E-state index < -0.39 is 0 Å². The third-order valence-electron chi connectivity index (χ3n) is 3.52. The van der Waals surface area contributed by atoms with Gasteiger partial charge in [0, 0.05) is 12.0 Å². The molecule has 0 aliphatic heterocycles. The lowest BCUT2D eigenvalue weighted by Gasteiger charge is -2.04. The van der Waals surface area contributed by atoms with Crippen LogP contribution in [-0.2, 0) is 6.42 Å². The van der Waals surface area contributed by atoms with Crippen molar-refractivity contribution in [1.82, 2.24) is 0 Å². The molecule has 20 heavy (non-hydrogen) atoms. The van der Waals surface area contributed by atoms with Crippen LogP contribution in [0.15, 0.2) is 66.7 Å². The molecule has 0 saturated heterocycles. The number of hydrogen-bond acceptors (Lipinski definition) is 1. The van der Waals surface area contributed by atoms with E-state index in [1.165, 1.54) is 10.8 Å². The Morgan fingerprint density at radius 3 is 2.45 bits per heavy atom. The van der Waals surface area contributed by atoms with Crippen molar-refractivity contribution >= 4 is 16.6 Å². The van der Waals surface area contributed by atoms with E-state index in [2.05, 4.69) is 24.3 Å². The third kappa shape index (κ3) is 2.62. The summed E-state index contributed by atoms with van der Waals surface area (Å²) < 4.78 is 0. The number of carbonyl (C=O) groups is 1. The van der Waals surface area contributed by atoms with Gasteiger partial charge in [-0.2, -0.15) is 0 Å². The summed E-state index contributed by atoms with van der Waals surface area (Å²) in [6.45, 7) is 2.01. The van der Waals surface area contributed by atoms with Gasteiger partial charge in [-0.25, -0.2) is 0 Å². The van der Waals surface area contributed by atoms with Crippen LogP contribution >= 0.6 is 0 Å². The minimum absolute atomic E-state index is 0.170. The lowest BCUT2D eigenvalue weighted by Crippen LogP contribution is -2.03. The standard InChI is InChI=1S/C19H16O/c1-14-5-4-8-18(11-14)19(20)13-15-9-10-16-6-2-3-7-17(16)12-15/h2-12H,13H2,1H3. The second kappa shape index (κ2) is 5.30. The molecule has 0 heterocycles. The molecule has 0 radical (unpaired) electrons. The molecule has 0 aliphatic rings. The molecular formula is C19H16O. The summed E-state index contributed by atoms with van der Waals surface area (Å²) >= 11 is 0. The number of fused-ring (bicyclic) bond motifs is 1. The molecule has 0 saturated carbocycles. The van der Waals surface area contributed by atoms with Crippen molar-refractivity contribution < 1.29 is 4.79 Å². The van der Waals surface area contributed by atoms with E-state index in [0.29, 0.717) is 6.42 Å². The second-order valence-electron chi connectivity index (χ2n) is 5.15. The first-order valence-electron chi connectivity index (χ1n) is 6.80. The fraction of sp³-hybridized carbons (Fsp3) is 0.105. The molecule has 1 heteroatoms. The minimum atomic E-state index is 0.170. The SMILES string of the molecule is Cc1cccc(C(=O)Cc2ccc3ccccc3c2)c1. The van der Waals surface area contributed by atoms with Crippen LogP contribution in [0.1, 0.15) is 21.5 Å². The highest BCUT2D eigenvalue weighted by Crippen LogP contribution is 2.17.